The van der Waals surface area contributed by atoms with Gasteiger partial charge in [0.2, 0.25) is 10.0 Å². The Balaban J connectivity index is 1.65. The first-order valence-electron chi connectivity index (χ1n) is 7.13. The summed E-state index contributed by atoms with van der Waals surface area (Å²) in [6.07, 6.45) is 2.62. The van der Waals surface area contributed by atoms with Crippen molar-refractivity contribution in [2.24, 2.45) is 0 Å². The van der Waals surface area contributed by atoms with Crippen LogP contribution in [0.25, 0.3) is 0 Å². The largest absolute Gasteiger partial charge is 0.486 e. The van der Waals surface area contributed by atoms with Gasteiger partial charge in [-0.25, -0.2) is 18.4 Å². The van der Waals surface area contributed by atoms with Gasteiger partial charge in [-0.3, -0.25) is 0 Å². The van der Waals surface area contributed by atoms with Gasteiger partial charge in [-0.15, -0.1) is 0 Å². The third-order valence-corrected chi connectivity index (χ3v) is 5.29. The summed E-state index contributed by atoms with van der Waals surface area (Å²) in [7, 11) is -2.01. The molecule has 0 spiro atoms. The molecule has 0 bridgehead atoms. The number of ether oxygens (including phenoxy) is 2. The maximum Gasteiger partial charge on any atom is 0.218 e. The second kappa shape index (κ2) is 6.51. The highest BCUT2D eigenvalue weighted by Gasteiger charge is 2.29. The van der Waals surface area contributed by atoms with E-state index in [1.165, 1.54) is 11.4 Å². The van der Waals surface area contributed by atoms with Gasteiger partial charge in [0.05, 0.1) is 6.54 Å². The van der Waals surface area contributed by atoms with Crippen molar-refractivity contribution >= 4 is 10.0 Å². The van der Waals surface area contributed by atoms with Gasteiger partial charge < -0.3 is 9.47 Å². The fourth-order valence-corrected chi connectivity index (χ4v) is 3.42. The molecule has 2 aromatic rings. The van der Waals surface area contributed by atoms with Crippen molar-refractivity contribution < 1.29 is 17.9 Å². The molecule has 1 aliphatic heterocycles. The molecule has 0 radical (unpaired) electrons. The molecule has 2 heterocycles. The number of rotatable bonds is 5. The van der Waals surface area contributed by atoms with Crippen LogP contribution in [0.3, 0.4) is 0 Å². The number of sulfonamides is 1. The predicted molar refractivity (Wildman–Crippen MR) is 83.6 cm³/mol. The third-order valence-electron chi connectivity index (χ3n) is 3.42. The van der Waals surface area contributed by atoms with Gasteiger partial charge in [0.25, 0.3) is 0 Å². The summed E-state index contributed by atoms with van der Waals surface area (Å²) >= 11 is 0. The van der Waals surface area contributed by atoms with E-state index in [1.54, 1.807) is 30.6 Å². The summed E-state index contributed by atoms with van der Waals surface area (Å²) in [6.45, 7) is 0.319. The molecule has 3 rings (SSSR count). The first-order chi connectivity index (χ1) is 11.0. The number of nitrogens with zero attached hydrogens (tertiary/aromatic N) is 3. The van der Waals surface area contributed by atoms with Crippen molar-refractivity contribution in [2.45, 2.75) is 12.6 Å². The fraction of sp³-hybridized carbons (Fsp3) is 0.333. The molecule has 7 nitrogen and oxygen atoms in total. The van der Waals surface area contributed by atoms with Gasteiger partial charge >= 0.3 is 0 Å². The van der Waals surface area contributed by atoms with E-state index in [9.17, 15) is 8.42 Å². The second-order valence-electron chi connectivity index (χ2n) is 5.20. The number of fused-ring (bicyclic) bond motifs is 1. The second-order valence-corrected chi connectivity index (χ2v) is 7.32. The highest BCUT2D eigenvalue weighted by Crippen LogP contribution is 2.31. The van der Waals surface area contributed by atoms with E-state index in [2.05, 4.69) is 9.97 Å². The molecule has 23 heavy (non-hydrogen) atoms. The lowest BCUT2D eigenvalue weighted by molar-refractivity contribution is 0.105. The maximum absolute atomic E-state index is 12.4. The molecule has 0 saturated heterocycles. The Morgan fingerprint density at radius 1 is 1.17 bits per heavy atom. The lowest BCUT2D eigenvalue weighted by atomic mass is 10.3. The van der Waals surface area contributed by atoms with Crippen LogP contribution >= 0.6 is 0 Å². The zero-order valence-electron chi connectivity index (χ0n) is 12.6. The molecule has 1 unspecified atom stereocenters. The van der Waals surface area contributed by atoms with Gasteiger partial charge in [-0.05, 0) is 18.2 Å². The quantitative estimate of drug-likeness (QED) is 0.813. The number of benzene rings is 1. The fourth-order valence-electron chi connectivity index (χ4n) is 2.22. The van der Waals surface area contributed by atoms with Crippen molar-refractivity contribution in [1.29, 1.82) is 0 Å². The monoisotopic (exact) mass is 335 g/mol. The predicted octanol–water partition coefficient (Wildman–Crippen LogP) is 1.08. The van der Waals surface area contributed by atoms with Crippen LogP contribution in [0.5, 0.6) is 11.5 Å². The standard InChI is InChI=1S/C15H17N3O4S/c1-18(9-15-16-7-4-8-17-15)23(19,20)11-12-10-21-13-5-2-3-6-14(13)22-12/h2-8,12H,9-11H2,1H3. The zero-order chi connectivity index (χ0) is 16.3. The van der Waals surface area contributed by atoms with Crippen LogP contribution in [-0.4, -0.2) is 48.2 Å². The molecule has 0 fully saturated rings. The van der Waals surface area contributed by atoms with Crippen LogP contribution in [0.4, 0.5) is 0 Å². The van der Waals surface area contributed by atoms with Crippen LogP contribution < -0.4 is 9.47 Å². The summed E-state index contributed by atoms with van der Waals surface area (Å²) in [4.78, 5) is 8.07. The molecule has 0 saturated carbocycles. The average Bonchev–Trinajstić information content (AvgIpc) is 2.55. The van der Waals surface area contributed by atoms with Crippen molar-refractivity contribution in [3.8, 4) is 11.5 Å². The van der Waals surface area contributed by atoms with Gasteiger partial charge in [0.1, 0.15) is 24.3 Å². The molecular formula is C15H17N3O4S. The minimum Gasteiger partial charge on any atom is -0.486 e. The molecule has 1 aromatic carbocycles. The molecule has 0 amide bonds. The minimum absolute atomic E-state index is 0.118. The molecular weight excluding hydrogens is 318 g/mol. The Morgan fingerprint density at radius 3 is 2.61 bits per heavy atom. The van der Waals surface area contributed by atoms with Crippen LogP contribution in [0.15, 0.2) is 42.7 Å². The molecule has 8 heteroatoms. The Labute approximate surface area is 134 Å². The van der Waals surface area contributed by atoms with Crippen molar-refractivity contribution in [3.63, 3.8) is 0 Å². The molecule has 1 aromatic heterocycles. The Morgan fingerprint density at radius 2 is 1.87 bits per heavy atom. The summed E-state index contributed by atoms with van der Waals surface area (Å²) in [6, 6.07) is 8.89. The van der Waals surface area contributed by atoms with Crippen molar-refractivity contribution in [3.05, 3.63) is 48.5 Å². The lowest BCUT2D eigenvalue weighted by Crippen LogP contribution is -2.40. The third kappa shape index (κ3) is 3.77. The summed E-state index contributed by atoms with van der Waals surface area (Å²) in [5.74, 6) is 1.48. The Kier molecular flexibility index (Phi) is 4.44. The van der Waals surface area contributed by atoms with Gasteiger partial charge in [-0.2, -0.15) is 4.31 Å². The van der Waals surface area contributed by atoms with Crippen molar-refractivity contribution in [1.82, 2.24) is 14.3 Å². The summed E-state index contributed by atoms with van der Waals surface area (Å²) in [5, 5.41) is 0. The van der Waals surface area contributed by atoms with Crippen LogP contribution in [0.2, 0.25) is 0 Å². The first kappa shape index (κ1) is 15.7. The first-order valence-corrected chi connectivity index (χ1v) is 8.74. The Bertz CT molecular complexity index is 767. The maximum atomic E-state index is 12.4. The number of hydrogen-bond acceptors (Lipinski definition) is 6. The van der Waals surface area contributed by atoms with Crippen molar-refractivity contribution in [2.75, 3.05) is 19.4 Å². The average molecular weight is 335 g/mol. The SMILES string of the molecule is CN(Cc1ncccn1)S(=O)(=O)CC1COc2ccccc2O1. The van der Waals surface area contributed by atoms with E-state index in [4.69, 9.17) is 9.47 Å². The molecule has 0 aliphatic carbocycles. The molecule has 1 atom stereocenters. The van der Waals surface area contributed by atoms with E-state index in [0.29, 0.717) is 17.3 Å². The highest BCUT2D eigenvalue weighted by molar-refractivity contribution is 7.89. The molecule has 0 N–H and O–H groups in total. The lowest BCUT2D eigenvalue weighted by Gasteiger charge is -2.27. The minimum atomic E-state index is -3.51. The van der Waals surface area contributed by atoms with Crippen LogP contribution in [-0.2, 0) is 16.6 Å². The highest BCUT2D eigenvalue weighted by atomic mass is 32.2. The van der Waals surface area contributed by atoms with Crippen LogP contribution in [0, 0.1) is 0 Å². The number of para-hydroxylation sites is 2. The van der Waals surface area contributed by atoms with Gasteiger partial charge in [-0.1, -0.05) is 12.1 Å². The van der Waals surface area contributed by atoms with Crippen LogP contribution in [0.1, 0.15) is 5.82 Å². The summed E-state index contributed by atoms with van der Waals surface area (Å²) < 4.78 is 37.4. The van der Waals surface area contributed by atoms with E-state index < -0.39 is 16.1 Å². The smallest absolute Gasteiger partial charge is 0.218 e. The topological polar surface area (TPSA) is 81.6 Å². The normalized spacial score (nSPS) is 17.2. The Hall–Kier alpha value is -2.19. The summed E-state index contributed by atoms with van der Waals surface area (Å²) in [5.41, 5.74) is 0. The van der Waals surface area contributed by atoms with E-state index in [1.807, 2.05) is 12.1 Å². The zero-order valence-corrected chi connectivity index (χ0v) is 13.4. The molecule has 1 aliphatic rings. The van der Waals surface area contributed by atoms with E-state index in [-0.39, 0.29) is 18.9 Å². The van der Waals surface area contributed by atoms with E-state index in [0.717, 1.165) is 0 Å². The molecule has 122 valence electrons. The van der Waals surface area contributed by atoms with E-state index >= 15 is 0 Å². The number of aromatic nitrogens is 2. The van der Waals surface area contributed by atoms with Gasteiger partial charge in [0.15, 0.2) is 11.5 Å². The van der Waals surface area contributed by atoms with Gasteiger partial charge in [0, 0.05) is 19.4 Å². The number of hydrogen-bond donors (Lipinski definition) is 0.